The summed E-state index contributed by atoms with van der Waals surface area (Å²) in [5, 5.41) is 11.4. The predicted octanol–water partition coefficient (Wildman–Crippen LogP) is 4.23. The van der Waals surface area contributed by atoms with Crippen molar-refractivity contribution in [3.8, 4) is 5.75 Å². The van der Waals surface area contributed by atoms with E-state index in [1.165, 1.54) is 12.1 Å². The third kappa shape index (κ3) is 3.85. The molecular weight excluding hydrogens is 373 g/mol. The minimum atomic E-state index is -0.785. The maximum Gasteiger partial charge on any atom is 0.289 e. The number of carbonyl (C=O) groups excluding carboxylic acids is 1. The minimum Gasteiger partial charge on any atom is -0.485 e. The standard InChI is InChI=1S/C23H24FNO4/c1-14-7-8-16-15(2)22(29-21(16)13-14)23(27)25-11-9-18(26)20(10-12-25)28-19-6-4-3-5-17(19)24/h3-8,13,18,20,26H,9-12H2,1-2H3/t18-,20-/m0/s1. The number of hydrogen-bond donors (Lipinski definition) is 1. The van der Waals surface area contributed by atoms with Gasteiger partial charge in [0, 0.05) is 30.5 Å². The average Bonchev–Trinajstić information content (AvgIpc) is 2.91. The third-order valence-electron chi connectivity index (χ3n) is 5.50. The number of benzene rings is 2. The Morgan fingerprint density at radius 3 is 2.72 bits per heavy atom. The molecule has 0 aliphatic carbocycles. The van der Waals surface area contributed by atoms with E-state index in [0.29, 0.717) is 37.3 Å². The lowest BCUT2D eigenvalue weighted by molar-refractivity contribution is 0.0328. The lowest BCUT2D eigenvalue weighted by atomic mass is 10.1. The molecule has 6 heteroatoms. The smallest absolute Gasteiger partial charge is 0.289 e. The molecule has 1 aliphatic rings. The molecule has 29 heavy (non-hydrogen) atoms. The van der Waals surface area contributed by atoms with Crippen LogP contribution in [0.4, 0.5) is 4.39 Å². The maximum atomic E-state index is 13.9. The molecule has 152 valence electrons. The van der Waals surface area contributed by atoms with Gasteiger partial charge >= 0.3 is 0 Å². The van der Waals surface area contributed by atoms with Gasteiger partial charge in [0.2, 0.25) is 0 Å². The third-order valence-corrected chi connectivity index (χ3v) is 5.50. The Morgan fingerprint density at radius 2 is 1.93 bits per heavy atom. The normalized spacial score (nSPS) is 19.9. The highest BCUT2D eigenvalue weighted by Crippen LogP contribution is 2.28. The van der Waals surface area contributed by atoms with E-state index in [1.54, 1.807) is 17.0 Å². The number of rotatable bonds is 3. The van der Waals surface area contributed by atoms with Crippen molar-refractivity contribution >= 4 is 16.9 Å². The first-order chi connectivity index (χ1) is 13.9. The Balaban J connectivity index is 1.51. The topological polar surface area (TPSA) is 62.9 Å². The summed E-state index contributed by atoms with van der Waals surface area (Å²) in [6, 6.07) is 12.0. The fourth-order valence-electron chi connectivity index (χ4n) is 3.79. The summed E-state index contributed by atoms with van der Waals surface area (Å²) in [4.78, 5) is 14.8. The van der Waals surface area contributed by atoms with Crippen LogP contribution in [0.15, 0.2) is 46.9 Å². The van der Waals surface area contributed by atoms with Crippen molar-refractivity contribution in [2.24, 2.45) is 0 Å². The summed E-state index contributed by atoms with van der Waals surface area (Å²) < 4.78 is 25.5. The lowest BCUT2D eigenvalue weighted by Crippen LogP contribution is -2.32. The van der Waals surface area contributed by atoms with E-state index in [1.807, 2.05) is 32.0 Å². The van der Waals surface area contributed by atoms with Gasteiger partial charge in [0.05, 0.1) is 6.10 Å². The summed E-state index contributed by atoms with van der Waals surface area (Å²) in [5.41, 5.74) is 2.58. The van der Waals surface area contributed by atoms with Gasteiger partial charge in [0.25, 0.3) is 5.91 Å². The van der Waals surface area contributed by atoms with Crippen LogP contribution in [0.5, 0.6) is 5.75 Å². The van der Waals surface area contributed by atoms with Crippen LogP contribution in [-0.4, -0.2) is 41.2 Å². The van der Waals surface area contributed by atoms with Crippen LogP contribution in [0.2, 0.25) is 0 Å². The van der Waals surface area contributed by atoms with Crippen LogP contribution in [-0.2, 0) is 0 Å². The number of furan rings is 1. The molecule has 0 bridgehead atoms. The van der Waals surface area contributed by atoms with Gasteiger partial charge in [-0.1, -0.05) is 24.3 Å². The van der Waals surface area contributed by atoms with E-state index >= 15 is 0 Å². The number of nitrogens with zero attached hydrogens (tertiary/aromatic N) is 1. The Kier molecular flexibility index (Phi) is 5.28. The van der Waals surface area contributed by atoms with Crippen LogP contribution in [0, 0.1) is 19.7 Å². The number of hydrogen-bond acceptors (Lipinski definition) is 4. The Bertz CT molecular complexity index is 1040. The van der Waals surface area contributed by atoms with Gasteiger partial charge in [0.1, 0.15) is 11.7 Å². The number of amides is 1. The van der Waals surface area contributed by atoms with Crippen molar-refractivity contribution in [1.29, 1.82) is 0 Å². The highest BCUT2D eigenvalue weighted by atomic mass is 19.1. The highest BCUT2D eigenvalue weighted by molar-refractivity contribution is 5.99. The lowest BCUT2D eigenvalue weighted by Gasteiger charge is -2.22. The van der Waals surface area contributed by atoms with Crippen molar-refractivity contribution in [3.05, 3.63) is 65.2 Å². The molecule has 1 aliphatic heterocycles. The number of aliphatic hydroxyl groups excluding tert-OH is 1. The number of halogens is 1. The van der Waals surface area contributed by atoms with Crippen molar-refractivity contribution in [2.45, 2.75) is 38.9 Å². The first kappa shape index (κ1) is 19.5. The molecule has 5 nitrogen and oxygen atoms in total. The van der Waals surface area contributed by atoms with Gasteiger partial charge in [-0.2, -0.15) is 0 Å². The number of likely N-dealkylation sites (tertiary alicyclic amines) is 1. The number of aryl methyl sites for hydroxylation is 2. The monoisotopic (exact) mass is 397 g/mol. The van der Waals surface area contributed by atoms with Crippen molar-refractivity contribution < 1.29 is 23.4 Å². The number of fused-ring (bicyclic) bond motifs is 1. The van der Waals surface area contributed by atoms with E-state index in [0.717, 1.165) is 16.5 Å². The van der Waals surface area contributed by atoms with Crippen LogP contribution in [0.1, 0.15) is 34.5 Å². The van der Waals surface area contributed by atoms with Gasteiger partial charge < -0.3 is 19.2 Å². The molecule has 1 saturated heterocycles. The van der Waals surface area contributed by atoms with Crippen LogP contribution < -0.4 is 4.74 Å². The molecule has 1 aromatic heterocycles. The Morgan fingerprint density at radius 1 is 1.17 bits per heavy atom. The van der Waals surface area contributed by atoms with Crippen molar-refractivity contribution in [2.75, 3.05) is 13.1 Å². The second kappa shape index (κ2) is 7.87. The fraction of sp³-hybridized carbons (Fsp3) is 0.348. The Hall–Kier alpha value is -2.86. The van der Waals surface area contributed by atoms with Crippen molar-refractivity contribution in [3.63, 3.8) is 0 Å². The Labute approximate surface area is 168 Å². The maximum absolute atomic E-state index is 13.9. The fourth-order valence-corrected chi connectivity index (χ4v) is 3.79. The van der Waals surface area contributed by atoms with Crippen molar-refractivity contribution in [1.82, 2.24) is 4.90 Å². The highest BCUT2D eigenvalue weighted by Gasteiger charge is 2.31. The number of carbonyl (C=O) groups is 1. The van der Waals surface area contributed by atoms with Gasteiger partial charge in [0.15, 0.2) is 17.3 Å². The van der Waals surface area contributed by atoms with Gasteiger partial charge in [-0.05, 0) is 44.0 Å². The molecule has 0 spiro atoms. The molecule has 1 N–H and O–H groups in total. The predicted molar refractivity (Wildman–Crippen MR) is 108 cm³/mol. The quantitative estimate of drug-likeness (QED) is 0.718. The number of para-hydroxylation sites is 1. The zero-order valence-electron chi connectivity index (χ0n) is 16.5. The van der Waals surface area contributed by atoms with E-state index in [2.05, 4.69) is 0 Å². The zero-order valence-corrected chi connectivity index (χ0v) is 16.5. The number of aliphatic hydroxyl groups is 1. The summed E-state index contributed by atoms with van der Waals surface area (Å²) >= 11 is 0. The van der Waals surface area contributed by atoms with Gasteiger partial charge in [-0.25, -0.2) is 4.39 Å². The van der Waals surface area contributed by atoms with E-state index in [4.69, 9.17) is 9.15 Å². The molecular formula is C23H24FNO4. The molecule has 2 aromatic carbocycles. The molecule has 0 unspecified atom stereocenters. The molecule has 1 amide bonds. The van der Waals surface area contributed by atoms with Crippen LogP contribution >= 0.6 is 0 Å². The second-order valence-corrected chi connectivity index (χ2v) is 7.58. The summed E-state index contributed by atoms with van der Waals surface area (Å²) in [6.07, 6.45) is -0.612. The van der Waals surface area contributed by atoms with Gasteiger partial charge in [-0.15, -0.1) is 0 Å². The van der Waals surface area contributed by atoms with Gasteiger partial charge in [-0.3, -0.25) is 4.79 Å². The average molecular weight is 397 g/mol. The largest absolute Gasteiger partial charge is 0.485 e. The van der Waals surface area contributed by atoms with Crippen LogP contribution in [0.25, 0.3) is 11.0 Å². The molecule has 2 atom stereocenters. The minimum absolute atomic E-state index is 0.111. The van der Waals surface area contributed by atoms with E-state index < -0.39 is 18.0 Å². The summed E-state index contributed by atoms with van der Waals surface area (Å²) in [5.74, 6) is -0.228. The first-order valence-electron chi connectivity index (χ1n) is 9.82. The molecule has 1 fully saturated rings. The SMILES string of the molecule is Cc1ccc2c(C)c(C(=O)N3CC[C@H](Oc4ccccc4F)[C@@H](O)CC3)oc2c1. The zero-order chi connectivity index (χ0) is 20.5. The number of ether oxygens (including phenoxy) is 1. The summed E-state index contributed by atoms with van der Waals surface area (Å²) in [7, 11) is 0. The van der Waals surface area contributed by atoms with E-state index in [9.17, 15) is 14.3 Å². The first-order valence-corrected chi connectivity index (χ1v) is 9.82. The molecule has 0 radical (unpaired) electrons. The molecule has 0 saturated carbocycles. The molecule has 2 heterocycles. The van der Waals surface area contributed by atoms with E-state index in [-0.39, 0.29) is 11.7 Å². The molecule has 3 aromatic rings. The molecule has 4 rings (SSSR count). The summed E-state index contributed by atoms with van der Waals surface area (Å²) in [6.45, 7) is 4.63. The second-order valence-electron chi connectivity index (χ2n) is 7.58. The van der Waals surface area contributed by atoms with Crippen LogP contribution in [0.3, 0.4) is 0 Å².